The van der Waals surface area contributed by atoms with Crippen LogP contribution in [0.25, 0.3) is 0 Å². The van der Waals surface area contributed by atoms with Crippen molar-refractivity contribution in [2.45, 2.75) is 13.0 Å². The summed E-state index contributed by atoms with van der Waals surface area (Å²) in [7, 11) is 3.11. The van der Waals surface area contributed by atoms with E-state index in [-0.39, 0.29) is 12.0 Å². The third-order valence-electron chi connectivity index (χ3n) is 4.53. The van der Waals surface area contributed by atoms with Crippen LogP contribution in [0.5, 0.6) is 11.5 Å². The van der Waals surface area contributed by atoms with Crippen LogP contribution in [-0.2, 0) is 4.74 Å². The molecule has 0 saturated carbocycles. The molecule has 1 fully saturated rings. The van der Waals surface area contributed by atoms with Gasteiger partial charge < -0.3 is 19.1 Å². The number of amides is 1. The number of hydrogen-bond donors (Lipinski definition) is 0. The quantitative estimate of drug-likeness (QED) is 0.857. The number of methoxy groups -OCH3 is 2. The number of rotatable bonds is 4. The van der Waals surface area contributed by atoms with E-state index in [1.165, 1.54) is 0 Å². The van der Waals surface area contributed by atoms with Crippen LogP contribution in [0.4, 0.5) is 0 Å². The molecule has 1 heterocycles. The summed E-state index contributed by atoms with van der Waals surface area (Å²) in [4.78, 5) is 14.9. The highest BCUT2D eigenvalue weighted by Crippen LogP contribution is 2.32. The van der Waals surface area contributed by atoms with Crippen LogP contribution in [0.3, 0.4) is 0 Å². The van der Waals surface area contributed by atoms with E-state index < -0.39 is 0 Å². The molecule has 1 atom stereocenters. The van der Waals surface area contributed by atoms with Gasteiger partial charge in [-0.05, 0) is 30.2 Å². The van der Waals surface area contributed by atoms with Crippen LogP contribution in [0.15, 0.2) is 42.5 Å². The second-order valence-corrected chi connectivity index (χ2v) is 6.00. The van der Waals surface area contributed by atoms with Crippen LogP contribution in [-0.4, -0.2) is 44.7 Å². The van der Waals surface area contributed by atoms with E-state index in [2.05, 4.69) is 19.1 Å². The van der Waals surface area contributed by atoms with Gasteiger partial charge in [-0.25, -0.2) is 0 Å². The lowest BCUT2D eigenvalue weighted by molar-refractivity contribution is -0.0232. The predicted molar refractivity (Wildman–Crippen MR) is 95.3 cm³/mol. The monoisotopic (exact) mass is 341 g/mol. The van der Waals surface area contributed by atoms with E-state index >= 15 is 0 Å². The summed E-state index contributed by atoms with van der Waals surface area (Å²) in [6.07, 6.45) is -0.125. The van der Waals surface area contributed by atoms with Gasteiger partial charge in [-0.1, -0.05) is 30.3 Å². The molecule has 0 aliphatic carbocycles. The average Bonchev–Trinajstić information content (AvgIpc) is 2.67. The molecule has 0 spiro atoms. The minimum absolute atomic E-state index is 0.101. The molecule has 25 heavy (non-hydrogen) atoms. The molecule has 0 bridgehead atoms. The molecule has 0 radical (unpaired) electrons. The Balaban J connectivity index is 1.87. The van der Waals surface area contributed by atoms with E-state index in [1.807, 2.05) is 18.2 Å². The second kappa shape index (κ2) is 7.57. The Labute approximate surface area is 148 Å². The molecule has 3 rings (SSSR count). The summed E-state index contributed by atoms with van der Waals surface area (Å²) >= 11 is 0. The summed E-state index contributed by atoms with van der Waals surface area (Å²) in [6.45, 7) is 3.61. The lowest BCUT2D eigenvalue weighted by Gasteiger charge is -2.34. The number of aryl methyl sites for hydroxylation is 1. The number of hydrogen-bond acceptors (Lipinski definition) is 4. The maximum absolute atomic E-state index is 13.1. The van der Waals surface area contributed by atoms with Crippen molar-refractivity contribution < 1.29 is 19.0 Å². The molecule has 2 aromatic rings. The zero-order valence-electron chi connectivity index (χ0n) is 14.8. The largest absolute Gasteiger partial charge is 0.496 e. The molecule has 1 saturated heterocycles. The van der Waals surface area contributed by atoms with Crippen LogP contribution in [0.1, 0.15) is 27.6 Å². The highest BCUT2D eigenvalue weighted by atomic mass is 16.5. The Morgan fingerprint density at radius 2 is 1.76 bits per heavy atom. The average molecular weight is 341 g/mol. The Bertz CT molecular complexity index is 737. The fraction of sp³-hybridized carbons (Fsp3) is 0.350. The molecule has 0 N–H and O–H groups in total. The Kier molecular flexibility index (Phi) is 5.24. The van der Waals surface area contributed by atoms with Gasteiger partial charge in [0.25, 0.3) is 5.91 Å². The van der Waals surface area contributed by atoms with Crippen LogP contribution in [0.2, 0.25) is 0 Å². The first-order valence-electron chi connectivity index (χ1n) is 8.33. The summed E-state index contributed by atoms with van der Waals surface area (Å²) in [5.41, 5.74) is 2.74. The van der Waals surface area contributed by atoms with Crippen LogP contribution >= 0.6 is 0 Å². The smallest absolute Gasteiger partial charge is 0.261 e. The first-order valence-corrected chi connectivity index (χ1v) is 8.33. The van der Waals surface area contributed by atoms with E-state index in [4.69, 9.17) is 14.2 Å². The van der Waals surface area contributed by atoms with Crippen molar-refractivity contribution in [3.63, 3.8) is 0 Å². The third kappa shape index (κ3) is 3.46. The van der Waals surface area contributed by atoms with Crippen LogP contribution < -0.4 is 9.47 Å². The number of benzene rings is 2. The van der Waals surface area contributed by atoms with Crippen LogP contribution in [0, 0.1) is 6.92 Å². The Morgan fingerprint density at radius 3 is 2.40 bits per heavy atom. The minimum atomic E-state index is -0.125. The van der Waals surface area contributed by atoms with E-state index in [9.17, 15) is 4.79 Å². The topological polar surface area (TPSA) is 48.0 Å². The molecule has 1 aliphatic rings. The van der Waals surface area contributed by atoms with Gasteiger partial charge in [0.1, 0.15) is 23.2 Å². The van der Waals surface area contributed by atoms with Crippen molar-refractivity contribution in [1.82, 2.24) is 4.90 Å². The zero-order valence-corrected chi connectivity index (χ0v) is 14.8. The standard InChI is InChI=1S/C20H23NO4/c1-14-7-4-5-8-15(14)18-13-21(11-12-25-18)20(22)19-16(23-2)9-6-10-17(19)24-3/h4-10,18H,11-13H2,1-3H3. The minimum Gasteiger partial charge on any atom is -0.496 e. The second-order valence-electron chi connectivity index (χ2n) is 6.00. The molecule has 5 heteroatoms. The molecular formula is C20H23NO4. The Hall–Kier alpha value is -2.53. The zero-order chi connectivity index (χ0) is 17.8. The predicted octanol–water partition coefficient (Wildman–Crippen LogP) is 3.23. The van der Waals surface area contributed by atoms with Crippen molar-refractivity contribution in [3.05, 3.63) is 59.2 Å². The molecule has 2 aromatic carbocycles. The number of carbonyl (C=O) groups excluding carboxylic acids is 1. The van der Waals surface area contributed by atoms with Gasteiger partial charge >= 0.3 is 0 Å². The summed E-state index contributed by atoms with van der Waals surface area (Å²) in [6, 6.07) is 13.5. The molecule has 1 unspecified atom stereocenters. The molecule has 1 aliphatic heterocycles. The summed E-state index contributed by atoms with van der Waals surface area (Å²) < 4.78 is 16.7. The van der Waals surface area contributed by atoms with Gasteiger partial charge in [-0.3, -0.25) is 4.79 Å². The van der Waals surface area contributed by atoms with Gasteiger partial charge in [-0.2, -0.15) is 0 Å². The van der Waals surface area contributed by atoms with Gasteiger partial charge in [0.05, 0.1) is 27.4 Å². The van der Waals surface area contributed by atoms with Crippen molar-refractivity contribution in [2.24, 2.45) is 0 Å². The van der Waals surface area contributed by atoms with E-state index in [1.54, 1.807) is 31.3 Å². The van der Waals surface area contributed by atoms with Crippen molar-refractivity contribution in [3.8, 4) is 11.5 Å². The van der Waals surface area contributed by atoms with Crippen molar-refractivity contribution >= 4 is 5.91 Å². The maximum atomic E-state index is 13.1. The maximum Gasteiger partial charge on any atom is 0.261 e. The SMILES string of the molecule is COc1cccc(OC)c1C(=O)N1CCOC(c2ccccc2C)C1. The lowest BCUT2D eigenvalue weighted by Crippen LogP contribution is -2.42. The van der Waals surface area contributed by atoms with Gasteiger partial charge in [0.2, 0.25) is 0 Å². The highest BCUT2D eigenvalue weighted by Gasteiger charge is 2.30. The molecule has 0 aromatic heterocycles. The van der Waals surface area contributed by atoms with E-state index in [0.29, 0.717) is 36.8 Å². The van der Waals surface area contributed by atoms with Gasteiger partial charge in [-0.15, -0.1) is 0 Å². The normalized spacial score (nSPS) is 17.2. The Morgan fingerprint density at radius 1 is 1.08 bits per heavy atom. The summed E-state index contributed by atoms with van der Waals surface area (Å²) in [5.74, 6) is 0.933. The molecule has 1 amide bonds. The third-order valence-corrected chi connectivity index (χ3v) is 4.53. The number of carbonyl (C=O) groups is 1. The molecule has 132 valence electrons. The highest BCUT2D eigenvalue weighted by molar-refractivity contribution is 5.99. The lowest BCUT2D eigenvalue weighted by atomic mass is 10.0. The fourth-order valence-corrected chi connectivity index (χ4v) is 3.19. The fourth-order valence-electron chi connectivity index (χ4n) is 3.19. The van der Waals surface area contributed by atoms with Crippen molar-refractivity contribution in [1.29, 1.82) is 0 Å². The van der Waals surface area contributed by atoms with Gasteiger partial charge in [0, 0.05) is 6.54 Å². The number of nitrogens with zero attached hydrogens (tertiary/aromatic N) is 1. The molecular weight excluding hydrogens is 318 g/mol. The summed E-state index contributed by atoms with van der Waals surface area (Å²) in [5, 5.41) is 0. The number of morpholine rings is 1. The van der Waals surface area contributed by atoms with E-state index in [0.717, 1.165) is 11.1 Å². The van der Waals surface area contributed by atoms with Crippen molar-refractivity contribution in [2.75, 3.05) is 33.9 Å². The first-order chi connectivity index (χ1) is 12.2. The molecule has 5 nitrogen and oxygen atoms in total. The first kappa shape index (κ1) is 17.3. The number of ether oxygens (including phenoxy) is 3. The van der Waals surface area contributed by atoms with Gasteiger partial charge in [0.15, 0.2) is 0 Å².